The Hall–Kier alpha value is -2.11. The van der Waals surface area contributed by atoms with Gasteiger partial charge >= 0.3 is 5.97 Å². The van der Waals surface area contributed by atoms with Crippen LogP contribution in [-0.4, -0.2) is 25.1 Å². The van der Waals surface area contributed by atoms with Crippen molar-refractivity contribution >= 4 is 17.3 Å². The molecule has 0 fully saturated rings. The molecule has 0 amide bonds. The molecule has 0 unspecified atom stereocenters. The monoisotopic (exact) mass is 252 g/mol. The molecule has 0 bridgehead atoms. The van der Waals surface area contributed by atoms with E-state index in [-0.39, 0.29) is 5.69 Å². The number of hydrogen-bond acceptors (Lipinski definition) is 5. The Labute approximate surface area is 105 Å². The van der Waals surface area contributed by atoms with Gasteiger partial charge in [0.2, 0.25) is 0 Å². The first kappa shape index (κ1) is 14.0. The van der Waals surface area contributed by atoms with Gasteiger partial charge in [-0.3, -0.25) is 14.9 Å². The Kier molecular flexibility index (Phi) is 3.90. The molecule has 98 valence electrons. The quantitative estimate of drug-likeness (QED) is 0.504. The number of nitrogens with zero attached hydrogens (tertiary/aromatic N) is 1. The van der Waals surface area contributed by atoms with Crippen LogP contribution in [0.15, 0.2) is 18.2 Å². The van der Waals surface area contributed by atoms with Crippen molar-refractivity contribution in [3.8, 4) is 0 Å². The first-order valence-electron chi connectivity index (χ1n) is 5.39. The number of nitro benzene ring substituents is 1. The number of carbonyl (C=O) groups is 1. The molecular formula is C12H16N2O4. The van der Waals surface area contributed by atoms with Crippen LogP contribution >= 0.6 is 0 Å². The van der Waals surface area contributed by atoms with Crippen molar-refractivity contribution in [1.29, 1.82) is 0 Å². The average Bonchev–Trinajstić information content (AvgIpc) is 2.36. The molecule has 0 aromatic heterocycles. The van der Waals surface area contributed by atoms with Crippen LogP contribution in [0.2, 0.25) is 0 Å². The number of rotatable bonds is 4. The van der Waals surface area contributed by atoms with Gasteiger partial charge in [0.15, 0.2) is 0 Å². The number of nitrogens with one attached hydrogen (secondary N) is 1. The summed E-state index contributed by atoms with van der Waals surface area (Å²) in [5.41, 5.74) is 0.149. The van der Waals surface area contributed by atoms with Crippen molar-refractivity contribution in [3.63, 3.8) is 0 Å². The van der Waals surface area contributed by atoms with E-state index in [0.717, 1.165) is 0 Å². The van der Waals surface area contributed by atoms with Crippen LogP contribution in [-0.2, 0) is 14.9 Å². The highest BCUT2D eigenvalue weighted by Crippen LogP contribution is 2.32. The maximum Gasteiger partial charge on any atom is 0.315 e. The number of methoxy groups -OCH3 is 1. The van der Waals surface area contributed by atoms with Crippen molar-refractivity contribution in [2.24, 2.45) is 0 Å². The van der Waals surface area contributed by atoms with E-state index < -0.39 is 16.3 Å². The van der Waals surface area contributed by atoms with Gasteiger partial charge in [-0.1, -0.05) is 6.07 Å². The lowest BCUT2D eigenvalue weighted by Gasteiger charge is -2.22. The lowest BCUT2D eigenvalue weighted by Crippen LogP contribution is -2.30. The van der Waals surface area contributed by atoms with Crippen LogP contribution in [0, 0.1) is 10.1 Å². The van der Waals surface area contributed by atoms with Crippen molar-refractivity contribution in [2.75, 3.05) is 19.5 Å². The first-order chi connectivity index (χ1) is 8.34. The zero-order valence-corrected chi connectivity index (χ0v) is 10.8. The fourth-order valence-electron chi connectivity index (χ4n) is 1.66. The maximum absolute atomic E-state index is 11.7. The topological polar surface area (TPSA) is 81.5 Å². The van der Waals surface area contributed by atoms with Crippen molar-refractivity contribution in [1.82, 2.24) is 0 Å². The summed E-state index contributed by atoms with van der Waals surface area (Å²) < 4.78 is 4.73. The van der Waals surface area contributed by atoms with Gasteiger partial charge < -0.3 is 10.1 Å². The highest BCUT2D eigenvalue weighted by molar-refractivity contribution is 5.83. The number of benzene rings is 1. The Bertz CT molecular complexity index is 483. The number of nitro groups is 1. The minimum Gasteiger partial charge on any atom is -0.468 e. The molecule has 0 aliphatic carbocycles. The molecule has 1 rings (SSSR count). The lowest BCUT2D eigenvalue weighted by atomic mass is 9.84. The molecule has 0 heterocycles. The second kappa shape index (κ2) is 5.03. The van der Waals surface area contributed by atoms with E-state index in [1.165, 1.54) is 13.2 Å². The Morgan fingerprint density at radius 1 is 1.44 bits per heavy atom. The van der Waals surface area contributed by atoms with Crippen LogP contribution in [0.5, 0.6) is 0 Å². The summed E-state index contributed by atoms with van der Waals surface area (Å²) in [5.74, 6) is -0.390. The van der Waals surface area contributed by atoms with E-state index in [1.807, 2.05) is 0 Å². The molecule has 1 N–H and O–H groups in total. The first-order valence-corrected chi connectivity index (χ1v) is 5.39. The zero-order chi connectivity index (χ0) is 13.9. The van der Waals surface area contributed by atoms with E-state index in [1.54, 1.807) is 33.0 Å². The minimum atomic E-state index is -0.852. The van der Waals surface area contributed by atoms with Crippen molar-refractivity contribution in [2.45, 2.75) is 19.3 Å². The molecule has 1 aromatic carbocycles. The second-order valence-corrected chi connectivity index (χ2v) is 4.36. The molecule has 6 heteroatoms. The summed E-state index contributed by atoms with van der Waals surface area (Å²) >= 11 is 0. The zero-order valence-electron chi connectivity index (χ0n) is 10.8. The van der Waals surface area contributed by atoms with Gasteiger partial charge in [-0.05, 0) is 25.5 Å². The summed E-state index contributed by atoms with van der Waals surface area (Å²) in [5, 5.41) is 13.6. The molecule has 0 saturated heterocycles. The molecule has 18 heavy (non-hydrogen) atoms. The van der Waals surface area contributed by atoms with E-state index in [9.17, 15) is 14.9 Å². The van der Waals surface area contributed by atoms with E-state index >= 15 is 0 Å². The molecule has 0 atom stereocenters. The van der Waals surface area contributed by atoms with Crippen LogP contribution in [0.3, 0.4) is 0 Å². The second-order valence-electron chi connectivity index (χ2n) is 4.36. The minimum absolute atomic E-state index is 0.0260. The van der Waals surface area contributed by atoms with Crippen LogP contribution in [0.25, 0.3) is 0 Å². The summed E-state index contributed by atoms with van der Waals surface area (Å²) in [6, 6.07) is 4.54. The number of anilines is 1. The summed E-state index contributed by atoms with van der Waals surface area (Å²) in [7, 11) is 2.91. The summed E-state index contributed by atoms with van der Waals surface area (Å²) in [6.07, 6.45) is 0. The molecule has 1 aromatic rings. The number of carbonyl (C=O) groups excluding carboxylic acids is 1. The fourth-order valence-corrected chi connectivity index (χ4v) is 1.66. The smallest absolute Gasteiger partial charge is 0.315 e. The number of esters is 1. The van der Waals surface area contributed by atoms with Crippen LogP contribution in [0.1, 0.15) is 19.4 Å². The third-order valence-corrected chi connectivity index (χ3v) is 2.88. The molecule has 0 aliphatic heterocycles. The maximum atomic E-state index is 11.7. The number of ether oxygens (including phenoxy) is 1. The standard InChI is InChI=1S/C12H16N2O4/c1-12(2,11(15)18-4)8-5-6-10(14(16)17)9(7-8)13-3/h5-7,13H,1-4H3. The summed E-state index contributed by atoms with van der Waals surface area (Å²) in [6.45, 7) is 3.42. The third kappa shape index (κ3) is 2.42. The predicted molar refractivity (Wildman–Crippen MR) is 67.7 cm³/mol. The van der Waals surface area contributed by atoms with Gasteiger partial charge in [0.05, 0.1) is 17.4 Å². The van der Waals surface area contributed by atoms with Gasteiger partial charge in [-0.25, -0.2) is 0 Å². The largest absolute Gasteiger partial charge is 0.468 e. The van der Waals surface area contributed by atoms with Gasteiger partial charge in [0, 0.05) is 13.1 Å². The van der Waals surface area contributed by atoms with E-state index in [0.29, 0.717) is 11.3 Å². The van der Waals surface area contributed by atoms with Crippen molar-refractivity contribution in [3.05, 3.63) is 33.9 Å². The Morgan fingerprint density at radius 3 is 2.50 bits per heavy atom. The van der Waals surface area contributed by atoms with E-state index in [2.05, 4.69) is 5.32 Å². The van der Waals surface area contributed by atoms with Gasteiger partial charge in [0.25, 0.3) is 5.69 Å². The number of hydrogen-bond donors (Lipinski definition) is 1. The predicted octanol–water partition coefficient (Wildman–Crippen LogP) is 2.09. The highest BCUT2D eigenvalue weighted by Gasteiger charge is 2.32. The average molecular weight is 252 g/mol. The fraction of sp³-hybridized carbons (Fsp3) is 0.417. The van der Waals surface area contributed by atoms with Gasteiger partial charge in [0.1, 0.15) is 5.69 Å². The van der Waals surface area contributed by atoms with Crippen LogP contribution < -0.4 is 5.32 Å². The molecular weight excluding hydrogens is 236 g/mol. The Balaban J connectivity index is 3.29. The molecule has 0 saturated carbocycles. The molecule has 6 nitrogen and oxygen atoms in total. The third-order valence-electron chi connectivity index (χ3n) is 2.88. The van der Waals surface area contributed by atoms with Gasteiger partial charge in [-0.2, -0.15) is 0 Å². The molecule has 0 spiro atoms. The van der Waals surface area contributed by atoms with Crippen LogP contribution in [0.4, 0.5) is 11.4 Å². The Morgan fingerprint density at radius 2 is 2.06 bits per heavy atom. The summed E-state index contributed by atoms with van der Waals surface area (Å²) in [4.78, 5) is 22.0. The lowest BCUT2D eigenvalue weighted by molar-refractivity contribution is -0.384. The highest BCUT2D eigenvalue weighted by atomic mass is 16.6. The molecule has 0 radical (unpaired) electrons. The van der Waals surface area contributed by atoms with Gasteiger partial charge in [-0.15, -0.1) is 0 Å². The van der Waals surface area contributed by atoms with E-state index in [4.69, 9.17) is 4.74 Å². The SMILES string of the molecule is CNc1cc(C(C)(C)C(=O)OC)ccc1[N+](=O)[O-]. The molecule has 0 aliphatic rings. The van der Waals surface area contributed by atoms with Crippen molar-refractivity contribution < 1.29 is 14.5 Å². The normalized spacial score (nSPS) is 10.9.